The third kappa shape index (κ3) is 6.50. The van der Waals surface area contributed by atoms with E-state index in [1.165, 1.54) is 11.8 Å². The van der Waals surface area contributed by atoms with Crippen molar-refractivity contribution in [2.45, 2.75) is 22.5 Å². The van der Waals surface area contributed by atoms with Gasteiger partial charge >= 0.3 is 0 Å². The van der Waals surface area contributed by atoms with E-state index >= 15 is 0 Å². The highest BCUT2D eigenvalue weighted by atomic mass is 79.9. The van der Waals surface area contributed by atoms with Gasteiger partial charge in [-0.15, -0.1) is 11.8 Å². The lowest BCUT2D eigenvalue weighted by Gasteiger charge is -2.30. The quantitative estimate of drug-likeness (QED) is 0.161. The van der Waals surface area contributed by atoms with Gasteiger partial charge in [0.2, 0.25) is 5.91 Å². The number of hydrogen-bond acceptors (Lipinski definition) is 3. The second-order valence-corrected chi connectivity index (χ2v) is 10.4. The number of halogens is 1. The van der Waals surface area contributed by atoms with Crippen LogP contribution >= 0.6 is 27.7 Å². The van der Waals surface area contributed by atoms with Crippen molar-refractivity contribution in [3.63, 3.8) is 0 Å². The topological polar surface area (TPSA) is 37.4 Å². The van der Waals surface area contributed by atoms with Gasteiger partial charge in [-0.2, -0.15) is 0 Å². The second kappa shape index (κ2) is 12.0. The zero-order valence-corrected chi connectivity index (χ0v) is 21.8. The molecule has 0 saturated heterocycles. The Hall–Kier alpha value is -3.15. The average molecular weight is 545 g/mol. The molecule has 0 N–H and O–H groups in total. The molecule has 4 aromatic rings. The fraction of sp³-hybridized carbons (Fsp3) is 0.133. The van der Waals surface area contributed by atoms with Gasteiger partial charge in [-0.3, -0.25) is 9.59 Å². The Bertz CT molecular complexity index is 1250. The predicted molar refractivity (Wildman–Crippen MR) is 148 cm³/mol. The minimum atomic E-state index is -0.496. The summed E-state index contributed by atoms with van der Waals surface area (Å²) in [5.41, 5.74) is 2.44. The van der Waals surface area contributed by atoms with Gasteiger partial charge in [0.25, 0.3) is 0 Å². The average Bonchev–Trinajstić information content (AvgIpc) is 2.91. The summed E-state index contributed by atoms with van der Waals surface area (Å²) in [7, 11) is 1.80. The molecule has 0 aliphatic carbocycles. The molecule has 0 heterocycles. The molecule has 2 atom stereocenters. The molecule has 0 aliphatic heterocycles. The van der Waals surface area contributed by atoms with E-state index in [1.54, 1.807) is 11.9 Å². The molecule has 0 fully saturated rings. The van der Waals surface area contributed by atoms with Crippen LogP contribution in [-0.4, -0.2) is 24.0 Å². The number of carbonyl (C=O) groups is 2. The number of anilines is 1. The summed E-state index contributed by atoms with van der Waals surface area (Å²) in [6.45, 7) is 0. The van der Waals surface area contributed by atoms with Crippen molar-refractivity contribution in [2.75, 3.05) is 11.9 Å². The monoisotopic (exact) mass is 543 g/mol. The van der Waals surface area contributed by atoms with Gasteiger partial charge in [0, 0.05) is 40.0 Å². The zero-order chi connectivity index (χ0) is 24.6. The minimum Gasteiger partial charge on any atom is -0.315 e. The summed E-state index contributed by atoms with van der Waals surface area (Å²) in [5.74, 6) is -0.334. The number of Topliss-reactive ketones (excluding diaryl/α,β-unsaturated/α-hetero) is 1. The van der Waals surface area contributed by atoms with Gasteiger partial charge in [0.05, 0.1) is 5.25 Å². The van der Waals surface area contributed by atoms with Crippen molar-refractivity contribution in [1.29, 1.82) is 0 Å². The van der Waals surface area contributed by atoms with Crippen LogP contribution in [0.4, 0.5) is 5.69 Å². The van der Waals surface area contributed by atoms with Gasteiger partial charge in [0.1, 0.15) is 0 Å². The highest BCUT2D eigenvalue weighted by molar-refractivity contribution is 9.10. The molecule has 0 aromatic heterocycles. The Morgan fingerprint density at radius 3 is 1.91 bits per heavy atom. The first-order chi connectivity index (χ1) is 17.0. The number of ketones is 1. The molecule has 0 radical (unpaired) electrons. The standard InChI is InChI=1S/C30H26BrNO2S/c1-32(25-13-7-3-8-14-25)30(34)29(35-26-15-9-4-10-16-26)27(22-11-5-2-6-12-22)21-28(33)23-17-19-24(31)20-18-23/h2-20,27,29H,21H2,1H3/t27-,29-/m0/s1. The summed E-state index contributed by atoms with van der Waals surface area (Å²) in [6, 6.07) is 36.8. The van der Waals surface area contributed by atoms with E-state index < -0.39 is 5.25 Å². The van der Waals surface area contributed by atoms with Crippen LogP contribution in [0.3, 0.4) is 0 Å². The SMILES string of the molecule is CN(C(=O)[C@@H](Sc1ccccc1)[C@@H](CC(=O)c1ccc(Br)cc1)c1ccccc1)c1ccccc1. The third-order valence-corrected chi connectivity index (χ3v) is 7.75. The van der Waals surface area contributed by atoms with Crippen molar-refractivity contribution >= 4 is 45.1 Å². The summed E-state index contributed by atoms with van der Waals surface area (Å²) in [4.78, 5) is 30.1. The first-order valence-corrected chi connectivity index (χ1v) is 13.1. The normalized spacial score (nSPS) is 12.5. The first kappa shape index (κ1) is 25.0. The smallest absolute Gasteiger partial charge is 0.240 e. The molecule has 176 valence electrons. The van der Waals surface area contributed by atoms with Gasteiger partial charge in [-0.1, -0.05) is 94.8 Å². The maximum absolute atomic E-state index is 14.0. The molecule has 1 amide bonds. The van der Waals surface area contributed by atoms with Crippen molar-refractivity contribution in [1.82, 2.24) is 0 Å². The fourth-order valence-corrected chi connectivity index (χ4v) is 5.52. The number of amides is 1. The Morgan fingerprint density at radius 1 is 0.771 bits per heavy atom. The Kier molecular flexibility index (Phi) is 8.56. The van der Waals surface area contributed by atoms with Crippen LogP contribution in [-0.2, 0) is 4.79 Å². The molecule has 0 bridgehead atoms. The molecule has 4 aromatic carbocycles. The number of hydrogen-bond donors (Lipinski definition) is 0. The van der Waals surface area contributed by atoms with Crippen LogP contribution in [0.15, 0.2) is 125 Å². The van der Waals surface area contributed by atoms with E-state index in [4.69, 9.17) is 0 Å². The fourth-order valence-electron chi connectivity index (χ4n) is 3.97. The Labute approximate surface area is 219 Å². The van der Waals surface area contributed by atoms with E-state index in [2.05, 4.69) is 15.9 Å². The van der Waals surface area contributed by atoms with Gasteiger partial charge in [0.15, 0.2) is 5.78 Å². The number of nitrogens with zero attached hydrogens (tertiary/aromatic N) is 1. The summed E-state index contributed by atoms with van der Waals surface area (Å²) in [5, 5.41) is -0.496. The number of thioether (sulfide) groups is 1. The maximum atomic E-state index is 14.0. The van der Waals surface area contributed by atoms with E-state index in [1.807, 2.05) is 115 Å². The maximum Gasteiger partial charge on any atom is 0.240 e. The largest absolute Gasteiger partial charge is 0.315 e. The van der Waals surface area contributed by atoms with E-state index in [0.29, 0.717) is 5.56 Å². The molecule has 5 heteroatoms. The van der Waals surface area contributed by atoms with Crippen LogP contribution in [0.5, 0.6) is 0 Å². The van der Waals surface area contributed by atoms with E-state index in [9.17, 15) is 9.59 Å². The van der Waals surface area contributed by atoms with Crippen LogP contribution < -0.4 is 4.90 Å². The molecular weight excluding hydrogens is 518 g/mol. The summed E-state index contributed by atoms with van der Waals surface area (Å²) >= 11 is 4.95. The minimum absolute atomic E-state index is 0.0141. The molecule has 0 spiro atoms. The molecule has 0 unspecified atom stereocenters. The Morgan fingerprint density at radius 2 is 1.31 bits per heavy atom. The van der Waals surface area contributed by atoms with E-state index in [0.717, 1.165) is 20.6 Å². The van der Waals surface area contributed by atoms with Gasteiger partial charge in [-0.25, -0.2) is 0 Å². The molecular formula is C30H26BrNO2S. The lowest BCUT2D eigenvalue weighted by Crippen LogP contribution is -2.38. The number of para-hydroxylation sites is 1. The van der Waals surface area contributed by atoms with Gasteiger partial charge in [-0.05, 0) is 42.0 Å². The zero-order valence-electron chi connectivity index (χ0n) is 19.4. The van der Waals surface area contributed by atoms with E-state index in [-0.39, 0.29) is 24.0 Å². The third-order valence-electron chi connectivity index (χ3n) is 5.89. The number of carbonyl (C=O) groups excluding carboxylic acids is 2. The highest BCUT2D eigenvalue weighted by Gasteiger charge is 2.34. The van der Waals surface area contributed by atoms with Crippen molar-refractivity contribution in [2.24, 2.45) is 0 Å². The number of rotatable bonds is 9. The molecule has 4 rings (SSSR count). The summed E-state index contributed by atoms with van der Waals surface area (Å²) < 4.78 is 0.922. The number of benzene rings is 4. The summed E-state index contributed by atoms with van der Waals surface area (Å²) in [6.07, 6.45) is 0.227. The highest BCUT2D eigenvalue weighted by Crippen LogP contribution is 2.38. The Balaban J connectivity index is 1.73. The van der Waals surface area contributed by atoms with Crippen LogP contribution in [0.25, 0.3) is 0 Å². The molecule has 0 saturated carbocycles. The molecule has 0 aliphatic rings. The van der Waals surface area contributed by atoms with Crippen LogP contribution in [0, 0.1) is 0 Å². The first-order valence-electron chi connectivity index (χ1n) is 11.4. The van der Waals surface area contributed by atoms with Crippen molar-refractivity contribution < 1.29 is 9.59 Å². The predicted octanol–water partition coefficient (Wildman–Crippen LogP) is 7.63. The molecule has 35 heavy (non-hydrogen) atoms. The van der Waals surface area contributed by atoms with Gasteiger partial charge < -0.3 is 4.90 Å². The van der Waals surface area contributed by atoms with Crippen LogP contribution in [0.1, 0.15) is 28.3 Å². The lowest BCUT2D eigenvalue weighted by atomic mass is 9.88. The lowest BCUT2D eigenvalue weighted by molar-refractivity contribution is -0.118. The van der Waals surface area contributed by atoms with Crippen LogP contribution in [0.2, 0.25) is 0 Å². The van der Waals surface area contributed by atoms with Crippen molar-refractivity contribution in [3.05, 3.63) is 131 Å². The second-order valence-electron chi connectivity index (χ2n) is 8.24. The van der Waals surface area contributed by atoms with Crippen molar-refractivity contribution in [3.8, 4) is 0 Å². The molecule has 3 nitrogen and oxygen atoms in total.